The Kier molecular flexibility index (Phi) is 13.3. The van der Waals surface area contributed by atoms with E-state index in [9.17, 15) is 4.79 Å². The highest BCUT2D eigenvalue weighted by Gasteiger charge is 2.04. The van der Waals surface area contributed by atoms with Crippen LogP contribution < -0.4 is 0 Å². The van der Waals surface area contributed by atoms with Gasteiger partial charge in [-0.25, -0.2) is 0 Å². The van der Waals surface area contributed by atoms with Gasteiger partial charge in [-0.05, 0) is 25.3 Å². The standard InChI is InChI=1S/C10H19NO3.CH4O/c1-3-10(14)11(2)7-5-4-6-9(13)8-12;1-2/h3,9,12-13H,1,4-8H2,2H3;2H,1H3. The molecule has 0 aromatic heterocycles. The van der Waals surface area contributed by atoms with Crippen molar-refractivity contribution < 1.29 is 20.1 Å². The first-order valence-electron chi connectivity index (χ1n) is 5.23. The lowest BCUT2D eigenvalue weighted by atomic mass is 10.1. The number of likely N-dealkylation sites (N-methyl/N-ethyl adjacent to an activating group) is 1. The molecule has 0 radical (unpaired) electrons. The van der Waals surface area contributed by atoms with Crippen molar-refractivity contribution in [2.75, 3.05) is 27.3 Å². The number of nitrogens with zero attached hydrogens (tertiary/aromatic N) is 1. The van der Waals surface area contributed by atoms with E-state index in [0.717, 1.165) is 20.0 Å². The molecule has 0 bridgehead atoms. The van der Waals surface area contributed by atoms with Crippen LogP contribution >= 0.6 is 0 Å². The van der Waals surface area contributed by atoms with Gasteiger partial charge in [0.2, 0.25) is 5.91 Å². The zero-order valence-corrected chi connectivity index (χ0v) is 10.1. The molecule has 96 valence electrons. The Balaban J connectivity index is 0. The molecule has 0 fully saturated rings. The maximum Gasteiger partial charge on any atom is 0.245 e. The fourth-order valence-corrected chi connectivity index (χ4v) is 1.09. The molecule has 1 atom stereocenters. The highest BCUT2D eigenvalue weighted by Crippen LogP contribution is 2.01. The van der Waals surface area contributed by atoms with Gasteiger partial charge < -0.3 is 20.2 Å². The Bertz CT molecular complexity index is 185. The highest BCUT2D eigenvalue weighted by molar-refractivity contribution is 5.86. The van der Waals surface area contributed by atoms with Crippen molar-refractivity contribution >= 4 is 5.91 Å². The maximum atomic E-state index is 11.0. The van der Waals surface area contributed by atoms with Crippen molar-refractivity contribution in [3.05, 3.63) is 12.7 Å². The molecular formula is C11H23NO4. The van der Waals surface area contributed by atoms with Gasteiger partial charge in [0.1, 0.15) is 0 Å². The lowest BCUT2D eigenvalue weighted by molar-refractivity contribution is -0.124. The van der Waals surface area contributed by atoms with Crippen LogP contribution in [0, 0.1) is 0 Å². The fourth-order valence-electron chi connectivity index (χ4n) is 1.09. The van der Waals surface area contributed by atoms with Crippen molar-refractivity contribution in [2.45, 2.75) is 25.4 Å². The molecule has 0 aromatic carbocycles. The van der Waals surface area contributed by atoms with E-state index in [-0.39, 0.29) is 12.5 Å². The second-order valence-corrected chi connectivity index (χ2v) is 3.30. The van der Waals surface area contributed by atoms with Crippen molar-refractivity contribution in [2.24, 2.45) is 0 Å². The van der Waals surface area contributed by atoms with E-state index in [4.69, 9.17) is 15.3 Å². The van der Waals surface area contributed by atoms with Crippen LogP contribution in [0.15, 0.2) is 12.7 Å². The topological polar surface area (TPSA) is 81.0 Å². The molecule has 0 aliphatic carbocycles. The zero-order chi connectivity index (χ0) is 13.0. The summed E-state index contributed by atoms with van der Waals surface area (Å²) in [6.07, 6.45) is 2.86. The molecule has 5 nitrogen and oxygen atoms in total. The predicted octanol–water partition coefficient (Wildman–Crippen LogP) is -0.237. The van der Waals surface area contributed by atoms with Gasteiger partial charge in [-0.15, -0.1) is 0 Å². The zero-order valence-electron chi connectivity index (χ0n) is 10.1. The Morgan fingerprint density at radius 3 is 2.44 bits per heavy atom. The second-order valence-electron chi connectivity index (χ2n) is 3.30. The van der Waals surface area contributed by atoms with Crippen molar-refractivity contribution in [1.29, 1.82) is 0 Å². The second kappa shape index (κ2) is 12.2. The van der Waals surface area contributed by atoms with Crippen LogP contribution in [-0.4, -0.2) is 59.5 Å². The van der Waals surface area contributed by atoms with Gasteiger partial charge in [-0.3, -0.25) is 4.79 Å². The number of unbranched alkanes of at least 4 members (excludes halogenated alkanes) is 1. The Morgan fingerprint density at radius 2 is 2.00 bits per heavy atom. The quantitative estimate of drug-likeness (QED) is 0.419. The Labute approximate surface area is 97.0 Å². The first-order chi connectivity index (χ1) is 7.61. The van der Waals surface area contributed by atoms with Crippen LogP contribution in [0.2, 0.25) is 0 Å². The van der Waals surface area contributed by atoms with E-state index >= 15 is 0 Å². The van der Waals surface area contributed by atoms with Crippen LogP contribution in [0.25, 0.3) is 0 Å². The average molecular weight is 233 g/mol. The molecule has 0 aliphatic rings. The van der Waals surface area contributed by atoms with E-state index in [1.807, 2.05) is 0 Å². The normalized spacial score (nSPS) is 11.1. The molecule has 3 N–H and O–H groups in total. The van der Waals surface area contributed by atoms with Gasteiger partial charge in [0, 0.05) is 20.7 Å². The smallest absolute Gasteiger partial charge is 0.245 e. The predicted molar refractivity (Wildman–Crippen MR) is 62.9 cm³/mol. The van der Waals surface area contributed by atoms with E-state index in [1.54, 1.807) is 11.9 Å². The summed E-state index contributed by atoms with van der Waals surface area (Å²) in [6, 6.07) is 0. The molecule has 0 aliphatic heterocycles. The number of rotatable bonds is 7. The summed E-state index contributed by atoms with van der Waals surface area (Å²) in [5.74, 6) is -0.0901. The fraction of sp³-hybridized carbons (Fsp3) is 0.727. The van der Waals surface area contributed by atoms with Crippen LogP contribution in [0.4, 0.5) is 0 Å². The van der Waals surface area contributed by atoms with E-state index in [1.165, 1.54) is 6.08 Å². The van der Waals surface area contributed by atoms with Crippen LogP contribution in [-0.2, 0) is 4.79 Å². The minimum atomic E-state index is -0.629. The third-order valence-corrected chi connectivity index (χ3v) is 2.04. The Morgan fingerprint density at radius 1 is 1.44 bits per heavy atom. The highest BCUT2D eigenvalue weighted by atomic mass is 16.3. The summed E-state index contributed by atoms with van der Waals surface area (Å²) in [5, 5.41) is 24.6. The molecule has 0 aromatic rings. The summed E-state index contributed by atoms with van der Waals surface area (Å²) in [6.45, 7) is 3.85. The van der Waals surface area contributed by atoms with Crippen molar-refractivity contribution in [1.82, 2.24) is 4.90 Å². The third-order valence-electron chi connectivity index (χ3n) is 2.04. The van der Waals surface area contributed by atoms with E-state index in [2.05, 4.69) is 6.58 Å². The summed E-state index contributed by atoms with van der Waals surface area (Å²) >= 11 is 0. The summed E-state index contributed by atoms with van der Waals surface area (Å²) in [5.41, 5.74) is 0. The van der Waals surface area contributed by atoms with E-state index in [0.29, 0.717) is 13.0 Å². The monoisotopic (exact) mass is 233 g/mol. The first-order valence-corrected chi connectivity index (χ1v) is 5.23. The molecule has 5 heteroatoms. The summed E-state index contributed by atoms with van der Waals surface area (Å²) in [7, 11) is 2.71. The number of carbonyl (C=O) groups is 1. The largest absolute Gasteiger partial charge is 0.400 e. The minimum Gasteiger partial charge on any atom is -0.400 e. The number of aliphatic hydroxyl groups excluding tert-OH is 3. The molecule has 0 heterocycles. The van der Waals surface area contributed by atoms with Crippen molar-refractivity contribution in [3.8, 4) is 0 Å². The summed E-state index contributed by atoms with van der Waals surface area (Å²) < 4.78 is 0. The molecule has 16 heavy (non-hydrogen) atoms. The van der Waals surface area contributed by atoms with Gasteiger partial charge in [0.05, 0.1) is 12.7 Å². The van der Waals surface area contributed by atoms with Gasteiger partial charge in [0.25, 0.3) is 0 Å². The van der Waals surface area contributed by atoms with Gasteiger partial charge >= 0.3 is 0 Å². The number of amides is 1. The average Bonchev–Trinajstić information content (AvgIpc) is 2.35. The lowest BCUT2D eigenvalue weighted by Gasteiger charge is -2.15. The molecular weight excluding hydrogens is 210 g/mol. The van der Waals surface area contributed by atoms with Crippen LogP contribution in [0.5, 0.6) is 0 Å². The SMILES string of the molecule is C=CC(=O)N(C)CCCCC(O)CO.CO. The Hall–Kier alpha value is -0.910. The number of aliphatic hydroxyl groups is 3. The van der Waals surface area contributed by atoms with Crippen molar-refractivity contribution in [3.63, 3.8) is 0 Å². The minimum absolute atomic E-state index is 0.0901. The summed E-state index contributed by atoms with van der Waals surface area (Å²) in [4.78, 5) is 12.6. The molecule has 0 saturated heterocycles. The van der Waals surface area contributed by atoms with Crippen LogP contribution in [0.3, 0.4) is 0 Å². The van der Waals surface area contributed by atoms with E-state index < -0.39 is 6.10 Å². The number of hydrogen-bond donors (Lipinski definition) is 3. The maximum absolute atomic E-state index is 11.0. The number of carbonyl (C=O) groups excluding carboxylic acids is 1. The van der Waals surface area contributed by atoms with Gasteiger partial charge in [0.15, 0.2) is 0 Å². The molecule has 0 saturated carbocycles. The lowest BCUT2D eigenvalue weighted by Crippen LogP contribution is -2.25. The first kappa shape index (κ1) is 17.5. The molecule has 0 rings (SSSR count). The third kappa shape index (κ3) is 9.64. The molecule has 1 amide bonds. The van der Waals surface area contributed by atoms with Crippen LogP contribution in [0.1, 0.15) is 19.3 Å². The van der Waals surface area contributed by atoms with Gasteiger partial charge in [-0.1, -0.05) is 6.58 Å². The number of hydrogen-bond acceptors (Lipinski definition) is 4. The molecule has 0 spiro atoms. The molecule has 1 unspecified atom stereocenters. The van der Waals surface area contributed by atoms with Gasteiger partial charge in [-0.2, -0.15) is 0 Å².